The van der Waals surface area contributed by atoms with Gasteiger partial charge in [0.25, 0.3) is 0 Å². The Hall–Kier alpha value is -4.39. The highest BCUT2D eigenvalue weighted by atomic mass is 16.5. The van der Waals surface area contributed by atoms with Crippen molar-refractivity contribution in [2.45, 2.75) is 0 Å². The SMILES string of the molecule is COC(=O)c1c(C(=O)OC)c2c(-c3ccccc3)c(C(=O)c3ccccc3)n3ccc1n23. The van der Waals surface area contributed by atoms with Crippen LogP contribution in [0.15, 0.2) is 72.9 Å². The molecule has 0 saturated carbocycles. The Balaban J connectivity index is 1.96. The molecule has 32 heavy (non-hydrogen) atoms. The molecule has 0 aliphatic carbocycles. The van der Waals surface area contributed by atoms with Gasteiger partial charge in [0, 0.05) is 17.3 Å². The number of ketones is 1. The van der Waals surface area contributed by atoms with E-state index >= 15 is 0 Å². The largest absolute Gasteiger partial charge is 0.465 e. The van der Waals surface area contributed by atoms with Crippen molar-refractivity contribution in [1.29, 1.82) is 0 Å². The van der Waals surface area contributed by atoms with E-state index in [1.165, 1.54) is 14.2 Å². The molecule has 7 heteroatoms. The van der Waals surface area contributed by atoms with Crippen LogP contribution in [-0.2, 0) is 9.47 Å². The summed E-state index contributed by atoms with van der Waals surface area (Å²) in [4.78, 5) is 39.2. The van der Waals surface area contributed by atoms with Crippen molar-refractivity contribution in [3.8, 4) is 11.1 Å². The molecular formula is C25H18N2O5. The van der Waals surface area contributed by atoms with E-state index < -0.39 is 11.9 Å². The van der Waals surface area contributed by atoms with E-state index in [4.69, 9.17) is 9.47 Å². The molecule has 0 radical (unpaired) electrons. The maximum absolute atomic E-state index is 13.7. The lowest BCUT2D eigenvalue weighted by atomic mass is 9.97. The lowest BCUT2D eigenvalue weighted by Gasteiger charge is -2.07. The molecule has 0 N–H and O–H groups in total. The van der Waals surface area contributed by atoms with Gasteiger partial charge in [-0.15, -0.1) is 0 Å². The highest BCUT2D eigenvalue weighted by Gasteiger charge is 2.35. The summed E-state index contributed by atoms with van der Waals surface area (Å²) in [6, 6.07) is 19.9. The fourth-order valence-corrected chi connectivity index (χ4v) is 4.23. The van der Waals surface area contributed by atoms with Crippen LogP contribution in [-0.4, -0.2) is 41.0 Å². The summed E-state index contributed by atoms with van der Waals surface area (Å²) < 4.78 is 13.3. The number of hydrogen-bond acceptors (Lipinski definition) is 5. The fraction of sp³-hybridized carbons (Fsp3) is 0.0800. The van der Waals surface area contributed by atoms with Gasteiger partial charge >= 0.3 is 11.9 Å². The molecule has 0 atom stereocenters. The topological polar surface area (TPSA) is 78.5 Å². The standard InChI is InChI=1S/C25H18N2O5/c1-31-24(29)19-17-13-14-26-22(23(28)16-11-7-4-8-12-16)18(15-9-5-3-6-10-15)21(27(17)26)20(19)25(30)32-2/h3-14H,1-2H3. The van der Waals surface area contributed by atoms with Gasteiger partial charge in [0.05, 0.1) is 25.3 Å². The lowest BCUT2D eigenvalue weighted by Crippen LogP contribution is -2.11. The molecule has 158 valence electrons. The smallest absolute Gasteiger partial charge is 0.341 e. The number of ether oxygens (including phenoxy) is 2. The van der Waals surface area contributed by atoms with Crippen molar-refractivity contribution in [3.63, 3.8) is 0 Å². The van der Waals surface area contributed by atoms with E-state index in [2.05, 4.69) is 0 Å². The summed E-state index contributed by atoms with van der Waals surface area (Å²) >= 11 is 0. The first-order chi connectivity index (χ1) is 15.6. The third-order valence-electron chi connectivity index (χ3n) is 5.57. The highest BCUT2D eigenvalue weighted by molar-refractivity contribution is 6.20. The maximum Gasteiger partial charge on any atom is 0.341 e. The van der Waals surface area contributed by atoms with Crippen LogP contribution in [0.4, 0.5) is 0 Å². The second kappa shape index (κ2) is 7.39. The van der Waals surface area contributed by atoms with Crippen LogP contribution in [0.5, 0.6) is 0 Å². The Morgan fingerprint density at radius 2 is 1.34 bits per heavy atom. The van der Waals surface area contributed by atoms with Crippen molar-refractivity contribution < 1.29 is 23.9 Å². The molecule has 3 heterocycles. The number of esters is 2. The number of rotatable bonds is 5. The number of aromatic nitrogens is 2. The average molecular weight is 426 g/mol. The average Bonchev–Trinajstić information content (AvgIpc) is 3.50. The molecule has 2 aromatic carbocycles. The summed E-state index contributed by atoms with van der Waals surface area (Å²) in [5.41, 5.74) is 3.22. The summed E-state index contributed by atoms with van der Waals surface area (Å²) in [7, 11) is 2.51. The molecule has 0 saturated heterocycles. The quantitative estimate of drug-likeness (QED) is 0.312. The third-order valence-corrected chi connectivity index (χ3v) is 5.57. The predicted octanol–water partition coefficient (Wildman–Crippen LogP) is 4.10. The second-order valence-corrected chi connectivity index (χ2v) is 7.22. The number of nitrogens with zero attached hydrogens (tertiary/aromatic N) is 2. The van der Waals surface area contributed by atoms with E-state index in [0.29, 0.717) is 27.9 Å². The Morgan fingerprint density at radius 3 is 1.97 bits per heavy atom. The van der Waals surface area contributed by atoms with Gasteiger partial charge in [0.1, 0.15) is 16.8 Å². The van der Waals surface area contributed by atoms with E-state index in [9.17, 15) is 14.4 Å². The van der Waals surface area contributed by atoms with Gasteiger partial charge in [-0.25, -0.2) is 14.1 Å². The van der Waals surface area contributed by atoms with Crippen LogP contribution < -0.4 is 0 Å². The van der Waals surface area contributed by atoms with Crippen molar-refractivity contribution >= 4 is 28.8 Å². The minimum absolute atomic E-state index is 0.0680. The molecule has 0 fully saturated rings. The predicted molar refractivity (Wildman–Crippen MR) is 118 cm³/mol. The Labute approximate surface area is 182 Å². The number of hydrogen-bond donors (Lipinski definition) is 0. The first-order valence-corrected chi connectivity index (χ1v) is 9.91. The minimum Gasteiger partial charge on any atom is -0.465 e. The molecule has 3 aromatic heterocycles. The van der Waals surface area contributed by atoms with E-state index in [1.807, 2.05) is 36.4 Å². The number of methoxy groups -OCH3 is 2. The van der Waals surface area contributed by atoms with Gasteiger partial charge in [-0.2, -0.15) is 0 Å². The molecule has 5 aromatic rings. The Morgan fingerprint density at radius 1 is 0.750 bits per heavy atom. The molecule has 0 unspecified atom stereocenters. The number of carbonyl (C=O) groups is 3. The summed E-state index contributed by atoms with van der Waals surface area (Å²) in [6.45, 7) is 0. The van der Waals surface area contributed by atoms with Crippen LogP contribution in [0.2, 0.25) is 0 Å². The Kier molecular flexibility index (Phi) is 4.52. The zero-order valence-corrected chi connectivity index (χ0v) is 17.4. The molecule has 5 rings (SSSR count). The van der Waals surface area contributed by atoms with Crippen LogP contribution in [0.3, 0.4) is 0 Å². The maximum atomic E-state index is 13.7. The third kappa shape index (κ3) is 2.64. The minimum atomic E-state index is -0.683. The monoisotopic (exact) mass is 426 g/mol. The summed E-state index contributed by atoms with van der Waals surface area (Å²) in [5, 5.41) is 0. The van der Waals surface area contributed by atoms with Crippen molar-refractivity contribution in [1.82, 2.24) is 9.03 Å². The van der Waals surface area contributed by atoms with Gasteiger partial charge in [-0.3, -0.25) is 9.31 Å². The van der Waals surface area contributed by atoms with Crippen LogP contribution >= 0.6 is 0 Å². The van der Waals surface area contributed by atoms with Crippen LogP contribution in [0, 0.1) is 0 Å². The first-order valence-electron chi connectivity index (χ1n) is 9.91. The van der Waals surface area contributed by atoms with Crippen LogP contribution in [0.1, 0.15) is 36.8 Å². The van der Waals surface area contributed by atoms with Crippen LogP contribution in [0.25, 0.3) is 22.2 Å². The van der Waals surface area contributed by atoms with Gasteiger partial charge in [-0.05, 0) is 11.6 Å². The second-order valence-electron chi connectivity index (χ2n) is 7.22. The molecule has 0 bridgehead atoms. The molecule has 7 nitrogen and oxygen atoms in total. The Bertz CT molecular complexity index is 1480. The van der Waals surface area contributed by atoms with E-state index in [1.54, 1.807) is 45.6 Å². The zero-order chi connectivity index (χ0) is 22.4. The number of carbonyl (C=O) groups excluding carboxylic acids is 3. The van der Waals surface area contributed by atoms with Gasteiger partial charge in [0.2, 0.25) is 5.78 Å². The van der Waals surface area contributed by atoms with Gasteiger partial charge < -0.3 is 9.47 Å². The molecule has 0 aliphatic heterocycles. The normalized spacial score (nSPS) is 11.2. The highest BCUT2D eigenvalue weighted by Crippen LogP contribution is 2.39. The lowest BCUT2D eigenvalue weighted by molar-refractivity contribution is 0.0559. The fourth-order valence-electron chi connectivity index (χ4n) is 4.23. The van der Waals surface area contributed by atoms with Gasteiger partial charge in [-0.1, -0.05) is 60.7 Å². The van der Waals surface area contributed by atoms with Crippen molar-refractivity contribution in [2.75, 3.05) is 14.2 Å². The number of benzene rings is 2. The summed E-state index contributed by atoms with van der Waals surface area (Å²) in [6.07, 6.45) is 1.71. The summed E-state index contributed by atoms with van der Waals surface area (Å²) in [5.74, 6) is -1.55. The molecular weight excluding hydrogens is 408 g/mol. The molecule has 0 aliphatic rings. The van der Waals surface area contributed by atoms with E-state index in [-0.39, 0.29) is 16.9 Å². The molecule has 0 amide bonds. The van der Waals surface area contributed by atoms with Crippen molar-refractivity contribution in [2.24, 2.45) is 0 Å². The van der Waals surface area contributed by atoms with Crippen molar-refractivity contribution in [3.05, 3.63) is 95.3 Å². The first kappa shape index (κ1) is 19.6. The molecule has 0 spiro atoms. The zero-order valence-electron chi connectivity index (χ0n) is 17.4. The van der Waals surface area contributed by atoms with E-state index in [0.717, 1.165) is 5.56 Å². The van der Waals surface area contributed by atoms with Gasteiger partial charge in [0.15, 0.2) is 0 Å².